The molecule has 3 aromatic rings. The van der Waals surface area contributed by atoms with Crippen LogP contribution in [0.15, 0.2) is 91.0 Å². The number of rotatable bonds is 9. The van der Waals surface area contributed by atoms with E-state index in [0.717, 1.165) is 16.7 Å². The maximum Gasteiger partial charge on any atom is 0.315 e. The molecule has 0 spiro atoms. The van der Waals surface area contributed by atoms with Crippen molar-refractivity contribution in [3.05, 3.63) is 108 Å². The summed E-state index contributed by atoms with van der Waals surface area (Å²) < 4.78 is 5.04. The standard InChI is InChI=1S/C26H26N2O3S/c1-2-31-22(29)18-32-25-23(24(30)27-25)28-26(19-12-6-3-7-13-19,20-14-8-4-9-15-20)21-16-10-5-11-17-21/h3-17,23,25,28H,2,18H2,1H3,(H,27,30). The van der Waals surface area contributed by atoms with Crippen LogP contribution in [0.4, 0.5) is 0 Å². The highest BCUT2D eigenvalue weighted by molar-refractivity contribution is 8.00. The van der Waals surface area contributed by atoms with Gasteiger partial charge in [0.25, 0.3) is 0 Å². The van der Waals surface area contributed by atoms with Crippen molar-refractivity contribution < 1.29 is 14.3 Å². The summed E-state index contributed by atoms with van der Waals surface area (Å²) in [7, 11) is 0. The van der Waals surface area contributed by atoms with E-state index in [4.69, 9.17) is 4.74 Å². The zero-order valence-electron chi connectivity index (χ0n) is 17.9. The van der Waals surface area contributed by atoms with Crippen molar-refractivity contribution in [1.82, 2.24) is 10.6 Å². The zero-order chi connectivity index (χ0) is 22.4. The number of nitrogens with one attached hydrogen (secondary N) is 2. The number of hydrogen-bond acceptors (Lipinski definition) is 5. The van der Waals surface area contributed by atoms with Crippen LogP contribution in [-0.4, -0.2) is 35.7 Å². The number of hydrogen-bond donors (Lipinski definition) is 2. The van der Waals surface area contributed by atoms with Gasteiger partial charge < -0.3 is 10.1 Å². The first-order valence-corrected chi connectivity index (χ1v) is 11.7. The molecule has 0 bridgehead atoms. The van der Waals surface area contributed by atoms with Crippen LogP contribution in [-0.2, 0) is 19.9 Å². The minimum atomic E-state index is -0.741. The molecule has 2 unspecified atom stereocenters. The predicted molar refractivity (Wildman–Crippen MR) is 127 cm³/mol. The fraction of sp³-hybridized carbons (Fsp3) is 0.231. The van der Waals surface area contributed by atoms with Gasteiger partial charge in [0, 0.05) is 0 Å². The maximum absolute atomic E-state index is 12.7. The highest BCUT2D eigenvalue weighted by Gasteiger charge is 2.47. The summed E-state index contributed by atoms with van der Waals surface area (Å²) >= 11 is 1.38. The molecular weight excluding hydrogens is 420 g/mol. The molecule has 1 saturated heterocycles. The van der Waals surface area contributed by atoms with Crippen molar-refractivity contribution in [2.24, 2.45) is 0 Å². The van der Waals surface area contributed by atoms with Crippen LogP contribution in [0.3, 0.4) is 0 Å². The van der Waals surface area contributed by atoms with E-state index in [2.05, 4.69) is 47.0 Å². The quantitative estimate of drug-likeness (QED) is 0.298. The highest BCUT2D eigenvalue weighted by Crippen LogP contribution is 2.38. The fourth-order valence-electron chi connectivity index (χ4n) is 4.04. The van der Waals surface area contributed by atoms with Gasteiger partial charge in [-0.15, -0.1) is 11.8 Å². The Morgan fingerprint density at radius 2 is 1.38 bits per heavy atom. The minimum Gasteiger partial charge on any atom is -0.465 e. The van der Waals surface area contributed by atoms with Gasteiger partial charge in [0.2, 0.25) is 5.91 Å². The van der Waals surface area contributed by atoms with Gasteiger partial charge in [-0.3, -0.25) is 14.9 Å². The Bertz CT molecular complexity index is 948. The number of thioether (sulfide) groups is 1. The second-order valence-electron chi connectivity index (χ2n) is 7.52. The van der Waals surface area contributed by atoms with E-state index in [1.807, 2.05) is 54.6 Å². The van der Waals surface area contributed by atoms with E-state index < -0.39 is 11.6 Å². The van der Waals surface area contributed by atoms with Crippen molar-refractivity contribution in [2.75, 3.05) is 12.4 Å². The average molecular weight is 447 g/mol. The highest BCUT2D eigenvalue weighted by atomic mass is 32.2. The molecule has 0 aromatic heterocycles. The number of β-lactam (4-membered cyclic amide) rings is 1. The molecule has 2 N–H and O–H groups in total. The summed E-state index contributed by atoms with van der Waals surface area (Å²) in [5.41, 5.74) is 2.36. The van der Waals surface area contributed by atoms with Gasteiger partial charge in [0.05, 0.1) is 23.3 Å². The molecule has 5 nitrogen and oxygen atoms in total. The van der Waals surface area contributed by atoms with Gasteiger partial charge in [-0.1, -0.05) is 91.0 Å². The van der Waals surface area contributed by atoms with Crippen molar-refractivity contribution >= 4 is 23.6 Å². The lowest BCUT2D eigenvalue weighted by molar-refractivity contribution is -0.140. The van der Waals surface area contributed by atoms with E-state index in [9.17, 15) is 9.59 Å². The third-order valence-corrected chi connectivity index (χ3v) is 6.70. The third kappa shape index (κ3) is 4.42. The second-order valence-corrected chi connectivity index (χ2v) is 8.65. The van der Waals surface area contributed by atoms with Crippen LogP contribution in [0.25, 0.3) is 0 Å². The van der Waals surface area contributed by atoms with Gasteiger partial charge in [0.15, 0.2) is 0 Å². The molecule has 1 fully saturated rings. The van der Waals surface area contributed by atoms with Crippen LogP contribution in [0, 0.1) is 0 Å². The molecule has 32 heavy (non-hydrogen) atoms. The summed E-state index contributed by atoms with van der Waals surface area (Å²) in [6.45, 7) is 2.13. The molecule has 1 heterocycles. The molecule has 1 aliphatic rings. The molecule has 0 radical (unpaired) electrons. The number of esters is 1. The van der Waals surface area contributed by atoms with Crippen molar-refractivity contribution in [1.29, 1.82) is 0 Å². The molecule has 4 rings (SSSR count). The maximum atomic E-state index is 12.7. The minimum absolute atomic E-state index is 0.0847. The van der Waals surface area contributed by atoms with Crippen molar-refractivity contribution in [3.8, 4) is 0 Å². The molecule has 2 atom stereocenters. The Morgan fingerprint density at radius 3 is 1.78 bits per heavy atom. The van der Waals surface area contributed by atoms with Gasteiger partial charge in [0.1, 0.15) is 6.04 Å². The molecular formula is C26H26N2O3S. The first-order valence-electron chi connectivity index (χ1n) is 10.7. The van der Waals surface area contributed by atoms with Gasteiger partial charge >= 0.3 is 5.97 Å². The topological polar surface area (TPSA) is 67.4 Å². The number of ether oxygens (including phenoxy) is 1. The summed E-state index contributed by atoms with van der Waals surface area (Å²) in [5, 5.41) is 6.37. The van der Waals surface area contributed by atoms with Crippen molar-refractivity contribution in [2.45, 2.75) is 23.9 Å². The fourth-order valence-corrected chi connectivity index (χ4v) is 5.02. The van der Waals surface area contributed by atoms with E-state index >= 15 is 0 Å². The molecule has 3 aromatic carbocycles. The number of carbonyl (C=O) groups excluding carboxylic acids is 2. The Labute approximate surface area is 192 Å². The van der Waals surface area contributed by atoms with Gasteiger partial charge in [-0.05, 0) is 23.6 Å². The van der Waals surface area contributed by atoms with Gasteiger partial charge in [-0.25, -0.2) is 0 Å². The van der Waals surface area contributed by atoms with Gasteiger partial charge in [-0.2, -0.15) is 0 Å². The van der Waals surface area contributed by atoms with E-state index in [1.165, 1.54) is 11.8 Å². The van der Waals surface area contributed by atoms with Crippen molar-refractivity contribution in [3.63, 3.8) is 0 Å². The smallest absolute Gasteiger partial charge is 0.315 e. The summed E-state index contributed by atoms with van der Waals surface area (Å²) in [4.78, 5) is 24.5. The number of carbonyl (C=O) groups is 2. The van der Waals surface area contributed by atoms with Crippen LogP contribution >= 0.6 is 11.8 Å². The molecule has 1 amide bonds. The summed E-state index contributed by atoms with van der Waals surface area (Å²) in [6.07, 6.45) is 0. The predicted octanol–water partition coefficient (Wildman–Crippen LogP) is 3.69. The second kappa shape index (κ2) is 10.0. The Kier molecular flexibility index (Phi) is 6.93. The van der Waals surface area contributed by atoms with Crippen LogP contribution in [0.1, 0.15) is 23.6 Å². The van der Waals surface area contributed by atoms with E-state index in [1.54, 1.807) is 6.92 Å². The molecule has 0 aliphatic carbocycles. The molecule has 0 saturated carbocycles. The SMILES string of the molecule is CCOC(=O)CSC1NC(=O)C1NC(c1ccccc1)(c1ccccc1)c1ccccc1. The normalized spacial score (nSPS) is 17.8. The lowest BCUT2D eigenvalue weighted by atomic mass is 9.76. The summed E-state index contributed by atoms with van der Waals surface area (Å²) in [6, 6.07) is 30.0. The van der Waals surface area contributed by atoms with Crippen LogP contribution < -0.4 is 10.6 Å². The Balaban J connectivity index is 1.74. The lowest BCUT2D eigenvalue weighted by Gasteiger charge is -2.45. The molecule has 1 aliphatic heterocycles. The van der Waals surface area contributed by atoms with Crippen LogP contribution in [0.2, 0.25) is 0 Å². The lowest BCUT2D eigenvalue weighted by Crippen LogP contribution is -2.70. The Morgan fingerprint density at radius 1 is 0.906 bits per heavy atom. The molecule has 164 valence electrons. The Hall–Kier alpha value is -3.09. The van der Waals surface area contributed by atoms with E-state index in [-0.39, 0.29) is 23.0 Å². The largest absolute Gasteiger partial charge is 0.465 e. The monoisotopic (exact) mass is 446 g/mol. The zero-order valence-corrected chi connectivity index (χ0v) is 18.7. The van der Waals surface area contributed by atoms with E-state index in [0.29, 0.717) is 6.61 Å². The summed E-state index contributed by atoms with van der Waals surface area (Å²) in [5.74, 6) is -0.178. The molecule has 6 heteroatoms. The average Bonchev–Trinajstić information content (AvgIpc) is 2.84. The number of benzene rings is 3. The first kappa shape index (κ1) is 22.1. The van der Waals surface area contributed by atoms with Crippen LogP contribution in [0.5, 0.6) is 0 Å². The third-order valence-electron chi connectivity index (χ3n) is 5.55. The first-order chi connectivity index (χ1) is 15.6. The number of amides is 1.